The molecule has 1 atom stereocenters. The van der Waals surface area contributed by atoms with Gasteiger partial charge < -0.3 is 15.0 Å². The number of benzene rings is 1. The first kappa shape index (κ1) is 23.6. The van der Waals surface area contributed by atoms with E-state index in [1.165, 1.54) is 0 Å². The van der Waals surface area contributed by atoms with Gasteiger partial charge in [0.15, 0.2) is 0 Å². The topological polar surface area (TPSA) is 55.6 Å². The highest BCUT2D eigenvalue weighted by atomic mass is 16.5. The summed E-state index contributed by atoms with van der Waals surface area (Å²) in [6.45, 7) is 20.0. The monoisotopic (exact) mass is 378 g/mol. The van der Waals surface area contributed by atoms with Gasteiger partial charge in [0.1, 0.15) is 0 Å². The van der Waals surface area contributed by atoms with Crippen molar-refractivity contribution in [1.82, 2.24) is 0 Å². The lowest BCUT2D eigenvalue weighted by Crippen LogP contribution is -2.37. The summed E-state index contributed by atoms with van der Waals surface area (Å²) in [5, 5.41) is 13.8. The summed E-state index contributed by atoms with van der Waals surface area (Å²) in [7, 11) is 0. The zero-order valence-corrected chi connectivity index (χ0v) is 18.8. The number of rotatable bonds is 7. The molecule has 5 nitrogen and oxygen atoms in total. The number of anilines is 1. The zero-order valence-electron chi connectivity index (χ0n) is 18.8. The fourth-order valence-corrected chi connectivity index (χ4v) is 2.50. The maximum atomic E-state index is 12.8. The van der Waals surface area contributed by atoms with Gasteiger partial charge in [0.2, 0.25) is 5.54 Å². The molecule has 0 fully saturated rings. The van der Waals surface area contributed by atoms with Crippen molar-refractivity contribution in [2.45, 2.75) is 92.3 Å². The average Bonchev–Trinajstić information content (AvgIpc) is 2.56. The summed E-state index contributed by atoms with van der Waals surface area (Å²) in [5.74, 6) is 0.447. The van der Waals surface area contributed by atoms with Gasteiger partial charge in [0.25, 0.3) is 5.69 Å². The maximum Gasteiger partial charge on any atom is 0.259 e. The van der Waals surface area contributed by atoms with E-state index in [0.717, 1.165) is 21.8 Å². The van der Waals surface area contributed by atoms with Gasteiger partial charge in [-0.1, -0.05) is 20.3 Å². The lowest BCUT2D eigenvalue weighted by molar-refractivity contribution is -0.540. The Kier molecular flexibility index (Phi) is 7.23. The van der Waals surface area contributed by atoms with Crippen LogP contribution in [0.2, 0.25) is 0 Å². The molecule has 0 heterocycles. The molecule has 0 aliphatic carbocycles. The third-order valence-electron chi connectivity index (χ3n) is 4.71. The van der Waals surface area contributed by atoms with E-state index in [1.54, 1.807) is 6.07 Å². The minimum Gasteiger partial charge on any atom is -0.758 e. The Balaban J connectivity index is 3.44. The van der Waals surface area contributed by atoms with Gasteiger partial charge in [-0.05, 0) is 52.2 Å². The largest absolute Gasteiger partial charge is 0.758 e. The number of nitroso groups, excluding NO2 is 1. The fourth-order valence-electron chi connectivity index (χ4n) is 2.50. The van der Waals surface area contributed by atoms with Crippen LogP contribution in [0.25, 0.3) is 0 Å². The molecule has 154 valence electrons. The van der Waals surface area contributed by atoms with Crippen molar-refractivity contribution >= 4 is 11.4 Å². The van der Waals surface area contributed by atoms with Crippen molar-refractivity contribution in [1.29, 1.82) is 0 Å². The molecule has 0 saturated heterocycles. The van der Waals surface area contributed by atoms with Gasteiger partial charge in [0, 0.05) is 53.8 Å². The van der Waals surface area contributed by atoms with Crippen molar-refractivity contribution in [3.05, 3.63) is 33.9 Å². The van der Waals surface area contributed by atoms with Crippen molar-refractivity contribution in [2.75, 3.05) is 11.7 Å². The number of hydroxylamine groups is 1. The number of nitrogens with zero attached hydrogens (tertiary/aromatic N) is 2. The van der Waals surface area contributed by atoms with Gasteiger partial charge in [0.05, 0.1) is 12.2 Å². The third-order valence-corrected chi connectivity index (χ3v) is 4.71. The Labute approximate surface area is 165 Å². The summed E-state index contributed by atoms with van der Waals surface area (Å²) in [4.78, 5) is 12.8. The van der Waals surface area contributed by atoms with Crippen LogP contribution in [0, 0.1) is 16.0 Å². The first-order chi connectivity index (χ1) is 12.1. The van der Waals surface area contributed by atoms with E-state index in [4.69, 9.17) is 4.74 Å². The molecule has 0 spiro atoms. The van der Waals surface area contributed by atoms with Crippen LogP contribution in [0.3, 0.4) is 0 Å². The molecule has 0 bridgehead atoms. The molecule has 1 rings (SSSR count). The molecule has 0 aromatic heterocycles. The maximum absolute atomic E-state index is 12.8. The number of hydrogen-bond acceptors (Lipinski definition) is 4. The molecule has 5 heteroatoms. The van der Waals surface area contributed by atoms with E-state index in [2.05, 4.69) is 13.8 Å². The third kappa shape index (κ3) is 6.28. The first-order valence-corrected chi connectivity index (χ1v) is 9.84. The number of hydrogen-bond donors (Lipinski definition) is 0. The highest BCUT2D eigenvalue weighted by Gasteiger charge is 2.34. The van der Waals surface area contributed by atoms with E-state index in [1.807, 2.05) is 67.5 Å². The minimum absolute atomic E-state index is 0.447. The smallest absolute Gasteiger partial charge is 0.259 e. The normalized spacial score (nSPS) is 14.2. The summed E-state index contributed by atoms with van der Waals surface area (Å²) in [6, 6.07) is 5.36. The zero-order chi connectivity index (χ0) is 21.2. The van der Waals surface area contributed by atoms with Crippen molar-refractivity contribution in [3.8, 4) is 0 Å². The molecule has 0 aliphatic heterocycles. The molecule has 0 amide bonds. The minimum atomic E-state index is -0.606. The van der Waals surface area contributed by atoms with Crippen LogP contribution in [-0.4, -0.2) is 22.4 Å². The molecule has 27 heavy (non-hydrogen) atoms. The predicted molar refractivity (Wildman–Crippen MR) is 114 cm³/mol. The Hall–Kier alpha value is -1.46. The molecule has 1 aromatic carbocycles. The SMILES string of the molecule is CC[C@H](C)COC(C)(C)c1cc(N([O-])C(C)(C)C)cc([N+](=O)C(C)(C)C)c1. The standard InChI is InChI=1S/C22H38N2O3/c1-11-16(2)15-27-22(9,10)17-12-18(23(25)20(3,4)5)14-19(13-17)24(26)21(6,7)8/h12-14,16H,11,15H2,1-10H3/t16-/m0/s1. The van der Waals surface area contributed by atoms with Gasteiger partial charge in [-0.2, -0.15) is 0 Å². The highest BCUT2D eigenvalue weighted by molar-refractivity contribution is 5.58. The Morgan fingerprint density at radius 1 is 1.07 bits per heavy atom. The lowest BCUT2D eigenvalue weighted by Gasteiger charge is -2.44. The van der Waals surface area contributed by atoms with E-state index >= 15 is 0 Å². The van der Waals surface area contributed by atoms with Crippen molar-refractivity contribution < 1.29 is 9.50 Å². The summed E-state index contributed by atoms with van der Waals surface area (Å²) < 4.78 is 7.13. The van der Waals surface area contributed by atoms with Crippen LogP contribution in [0.1, 0.15) is 81.2 Å². The highest BCUT2D eigenvalue weighted by Crippen LogP contribution is 2.36. The van der Waals surface area contributed by atoms with Crippen LogP contribution in [0.15, 0.2) is 18.2 Å². The van der Waals surface area contributed by atoms with Gasteiger partial charge in [-0.3, -0.25) is 0 Å². The number of ether oxygens (including phenoxy) is 1. The molecular weight excluding hydrogens is 340 g/mol. The van der Waals surface area contributed by atoms with Gasteiger partial charge in [-0.25, -0.2) is 0 Å². The molecule has 0 N–H and O–H groups in total. The van der Waals surface area contributed by atoms with E-state index in [9.17, 15) is 10.1 Å². The summed E-state index contributed by atoms with van der Waals surface area (Å²) >= 11 is 0. The molecular formula is C22H38N2O3. The molecule has 1 aromatic rings. The van der Waals surface area contributed by atoms with Crippen molar-refractivity contribution in [3.63, 3.8) is 0 Å². The van der Waals surface area contributed by atoms with Crippen LogP contribution in [-0.2, 0) is 10.3 Å². The quantitative estimate of drug-likeness (QED) is 0.413. The fraction of sp³-hybridized carbons (Fsp3) is 0.727. The van der Waals surface area contributed by atoms with E-state index < -0.39 is 16.7 Å². The van der Waals surface area contributed by atoms with E-state index in [0.29, 0.717) is 23.9 Å². The van der Waals surface area contributed by atoms with Crippen LogP contribution in [0.5, 0.6) is 0 Å². The first-order valence-electron chi connectivity index (χ1n) is 9.84. The summed E-state index contributed by atoms with van der Waals surface area (Å²) in [6.07, 6.45) is 1.04. The lowest BCUT2D eigenvalue weighted by atomic mass is 9.95. The van der Waals surface area contributed by atoms with Crippen molar-refractivity contribution in [2.24, 2.45) is 5.92 Å². The second-order valence-electron chi connectivity index (χ2n) is 10.0. The van der Waals surface area contributed by atoms with E-state index in [-0.39, 0.29) is 0 Å². The molecule has 0 radical (unpaired) electrons. The average molecular weight is 379 g/mol. The predicted octanol–water partition coefficient (Wildman–Crippen LogP) is 6.30. The summed E-state index contributed by atoms with van der Waals surface area (Å²) in [5.41, 5.74) is -0.0414. The molecule has 0 unspecified atom stereocenters. The van der Waals surface area contributed by atoms with Crippen LogP contribution in [0.4, 0.5) is 11.4 Å². The molecule has 0 saturated carbocycles. The van der Waals surface area contributed by atoms with Gasteiger partial charge in [-0.15, -0.1) is 0 Å². The Morgan fingerprint density at radius 3 is 2.07 bits per heavy atom. The Morgan fingerprint density at radius 2 is 1.63 bits per heavy atom. The van der Waals surface area contributed by atoms with Crippen LogP contribution < -0.4 is 5.06 Å². The van der Waals surface area contributed by atoms with Gasteiger partial charge >= 0.3 is 0 Å². The second kappa shape index (κ2) is 8.27. The van der Waals surface area contributed by atoms with Crippen LogP contribution >= 0.6 is 0 Å². The molecule has 0 aliphatic rings. The Bertz CT molecular complexity index is 655. The second-order valence-corrected chi connectivity index (χ2v) is 10.0.